The number of hydrogen-bond acceptors (Lipinski definition) is 6. The van der Waals surface area contributed by atoms with E-state index in [9.17, 15) is 19.2 Å². The van der Waals surface area contributed by atoms with Crippen molar-refractivity contribution >= 4 is 34.9 Å². The number of rotatable bonds is 8. The number of carbonyl (C=O) groups excluding carboxylic acids is 4. The number of ether oxygens (including phenoxy) is 2. The van der Waals surface area contributed by atoms with E-state index in [0.29, 0.717) is 29.3 Å². The zero-order valence-corrected chi connectivity index (χ0v) is 17.4. The highest BCUT2D eigenvalue weighted by atomic mass is 16.5. The second-order valence-corrected chi connectivity index (χ2v) is 7.13. The van der Waals surface area contributed by atoms with Gasteiger partial charge in [-0.25, -0.2) is 0 Å². The lowest BCUT2D eigenvalue weighted by molar-refractivity contribution is -0.151. The quantitative estimate of drug-likeness (QED) is 0.516. The van der Waals surface area contributed by atoms with E-state index in [1.165, 1.54) is 11.8 Å². The number of anilines is 2. The number of ketones is 1. The van der Waals surface area contributed by atoms with Crippen LogP contribution in [-0.2, 0) is 19.1 Å². The van der Waals surface area contributed by atoms with Gasteiger partial charge < -0.3 is 19.7 Å². The van der Waals surface area contributed by atoms with Gasteiger partial charge in [0.15, 0.2) is 12.4 Å². The molecule has 1 heterocycles. The molecule has 1 N–H and O–H groups in total. The van der Waals surface area contributed by atoms with Gasteiger partial charge in [-0.15, -0.1) is 0 Å². The Labute approximate surface area is 180 Å². The number of carbonyl (C=O) groups is 4. The van der Waals surface area contributed by atoms with Crippen molar-refractivity contribution in [2.45, 2.75) is 20.3 Å². The Morgan fingerprint density at radius 1 is 1.13 bits per heavy atom. The maximum absolute atomic E-state index is 12.4. The highest BCUT2D eigenvalue weighted by Crippen LogP contribution is 2.27. The third-order valence-electron chi connectivity index (χ3n) is 4.82. The summed E-state index contributed by atoms with van der Waals surface area (Å²) in [5, 5.41) is 2.58. The van der Waals surface area contributed by atoms with Crippen LogP contribution in [0.4, 0.5) is 11.4 Å². The third-order valence-corrected chi connectivity index (χ3v) is 4.82. The lowest BCUT2D eigenvalue weighted by Gasteiger charge is -2.17. The molecule has 1 fully saturated rings. The van der Waals surface area contributed by atoms with Gasteiger partial charge in [-0.3, -0.25) is 19.2 Å². The summed E-state index contributed by atoms with van der Waals surface area (Å²) in [4.78, 5) is 49.7. The van der Waals surface area contributed by atoms with Crippen LogP contribution < -0.4 is 15.0 Å². The van der Waals surface area contributed by atoms with Gasteiger partial charge in [-0.05, 0) is 50.2 Å². The first-order chi connectivity index (χ1) is 14.9. The monoisotopic (exact) mass is 424 g/mol. The van der Waals surface area contributed by atoms with E-state index in [0.717, 1.165) is 0 Å². The fourth-order valence-electron chi connectivity index (χ4n) is 3.27. The lowest BCUT2D eigenvalue weighted by atomic mass is 10.1. The summed E-state index contributed by atoms with van der Waals surface area (Å²) in [6.45, 7) is 3.58. The van der Waals surface area contributed by atoms with Gasteiger partial charge in [-0.1, -0.05) is 12.1 Å². The number of nitrogens with one attached hydrogen (secondary N) is 1. The molecule has 0 bridgehead atoms. The number of benzene rings is 2. The van der Waals surface area contributed by atoms with Crippen molar-refractivity contribution in [3.05, 3.63) is 54.1 Å². The fourth-order valence-corrected chi connectivity index (χ4v) is 3.27. The molecule has 0 aromatic heterocycles. The van der Waals surface area contributed by atoms with Gasteiger partial charge in [0.2, 0.25) is 5.91 Å². The summed E-state index contributed by atoms with van der Waals surface area (Å²) in [6.07, 6.45) is 0.0221. The molecule has 1 aliphatic rings. The molecule has 0 radical (unpaired) electrons. The molecule has 1 atom stereocenters. The van der Waals surface area contributed by atoms with Crippen LogP contribution in [0.1, 0.15) is 30.6 Å². The van der Waals surface area contributed by atoms with Crippen molar-refractivity contribution < 1.29 is 28.7 Å². The molecule has 31 heavy (non-hydrogen) atoms. The van der Waals surface area contributed by atoms with Crippen molar-refractivity contribution in [3.63, 3.8) is 0 Å². The average Bonchev–Trinajstić information content (AvgIpc) is 3.14. The summed E-state index contributed by atoms with van der Waals surface area (Å²) in [5.41, 5.74) is 1.58. The smallest absolute Gasteiger partial charge is 0.311 e. The maximum Gasteiger partial charge on any atom is 0.311 e. The standard InChI is InChI=1S/C23H24N2O6/c1-3-30-20-9-7-19(8-10-20)25-13-17(12-22(25)28)23(29)31-14-21(27)24-18-6-4-5-16(11-18)15(2)26/h4-11,17H,3,12-14H2,1-2H3,(H,24,27)/t17-/m1/s1. The largest absolute Gasteiger partial charge is 0.494 e. The molecule has 8 nitrogen and oxygen atoms in total. The number of Topliss-reactive ketones (excluding diaryl/α,β-unsaturated/α-hetero) is 1. The van der Waals surface area contributed by atoms with Crippen LogP contribution in [0, 0.1) is 5.92 Å². The fraction of sp³-hybridized carbons (Fsp3) is 0.304. The molecule has 0 spiro atoms. The minimum Gasteiger partial charge on any atom is -0.494 e. The number of amides is 2. The van der Waals surface area contributed by atoms with Crippen LogP contribution in [0.2, 0.25) is 0 Å². The van der Waals surface area contributed by atoms with Crippen molar-refractivity contribution in [3.8, 4) is 5.75 Å². The third kappa shape index (κ3) is 5.69. The van der Waals surface area contributed by atoms with E-state index in [2.05, 4.69) is 5.32 Å². The average molecular weight is 424 g/mol. The van der Waals surface area contributed by atoms with Crippen LogP contribution >= 0.6 is 0 Å². The molecular formula is C23H24N2O6. The van der Waals surface area contributed by atoms with Gasteiger partial charge in [-0.2, -0.15) is 0 Å². The Bertz CT molecular complexity index is 986. The Morgan fingerprint density at radius 3 is 2.55 bits per heavy atom. The van der Waals surface area contributed by atoms with Crippen LogP contribution in [-0.4, -0.2) is 43.3 Å². The predicted molar refractivity (Wildman–Crippen MR) is 114 cm³/mol. The molecule has 1 aliphatic heterocycles. The number of nitrogens with zero attached hydrogens (tertiary/aromatic N) is 1. The van der Waals surface area contributed by atoms with E-state index < -0.39 is 24.4 Å². The molecule has 1 saturated heterocycles. The Morgan fingerprint density at radius 2 is 1.87 bits per heavy atom. The Hall–Kier alpha value is -3.68. The molecule has 2 aromatic carbocycles. The number of hydrogen-bond donors (Lipinski definition) is 1. The first-order valence-corrected chi connectivity index (χ1v) is 9.98. The Kier molecular flexibility index (Phi) is 7.02. The molecule has 162 valence electrons. The zero-order valence-electron chi connectivity index (χ0n) is 17.4. The molecule has 3 rings (SSSR count). The minimum atomic E-state index is -0.645. The molecule has 0 unspecified atom stereocenters. The van der Waals surface area contributed by atoms with Crippen LogP contribution in [0.15, 0.2) is 48.5 Å². The van der Waals surface area contributed by atoms with E-state index in [1.54, 1.807) is 48.5 Å². The van der Waals surface area contributed by atoms with Crippen molar-refractivity contribution in [1.29, 1.82) is 0 Å². The van der Waals surface area contributed by atoms with Crippen LogP contribution in [0.5, 0.6) is 5.75 Å². The summed E-state index contributed by atoms with van der Waals surface area (Å²) < 4.78 is 10.5. The number of esters is 1. The van der Waals surface area contributed by atoms with Crippen LogP contribution in [0.3, 0.4) is 0 Å². The topological polar surface area (TPSA) is 102 Å². The SMILES string of the molecule is CCOc1ccc(N2C[C@H](C(=O)OCC(=O)Nc3cccc(C(C)=O)c3)CC2=O)cc1. The molecule has 0 aliphatic carbocycles. The molecular weight excluding hydrogens is 400 g/mol. The van der Waals surface area contributed by atoms with Crippen LogP contribution in [0.25, 0.3) is 0 Å². The minimum absolute atomic E-state index is 0.0221. The molecule has 2 amide bonds. The van der Waals surface area contributed by atoms with E-state index >= 15 is 0 Å². The summed E-state index contributed by atoms with van der Waals surface area (Å²) in [5.74, 6) is -1.38. The summed E-state index contributed by atoms with van der Waals surface area (Å²) >= 11 is 0. The highest BCUT2D eigenvalue weighted by molar-refractivity contribution is 6.00. The Balaban J connectivity index is 1.51. The second-order valence-electron chi connectivity index (χ2n) is 7.13. The molecule has 2 aromatic rings. The normalized spacial score (nSPS) is 15.5. The second kappa shape index (κ2) is 9.88. The zero-order chi connectivity index (χ0) is 22.4. The van der Waals surface area contributed by atoms with E-state index in [4.69, 9.17) is 9.47 Å². The predicted octanol–water partition coefficient (Wildman–Crippen LogP) is 2.82. The first-order valence-electron chi connectivity index (χ1n) is 9.98. The maximum atomic E-state index is 12.4. The molecule has 8 heteroatoms. The van der Waals surface area contributed by atoms with Crippen molar-refractivity contribution in [2.24, 2.45) is 5.92 Å². The molecule has 0 saturated carbocycles. The van der Waals surface area contributed by atoms with Gasteiger partial charge >= 0.3 is 5.97 Å². The van der Waals surface area contributed by atoms with E-state index in [-0.39, 0.29) is 24.7 Å². The van der Waals surface area contributed by atoms with E-state index in [1.807, 2.05) is 6.92 Å². The first kappa shape index (κ1) is 22.0. The van der Waals surface area contributed by atoms with Crippen molar-refractivity contribution in [2.75, 3.05) is 30.0 Å². The van der Waals surface area contributed by atoms with Gasteiger partial charge in [0.1, 0.15) is 5.75 Å². The lowest BCUT2D eigenvalue weighted by Crippen LogP contribution is -2.28. The van der Waals surface area contributed by atoms with Gasteiger partial charge in [0.05, 0.1) is 12.5 Å². The van der Waals surface area contributed by atoms with Crippen molar-refractivity contribution in [1.82, 2.24) is 0 Å². The summed E-state index contributed by atoms with van der Waals surface area (Å²) in [7, 11) is 0. The van der Waals surface area contributed by atoms with Gasteiger partial charge in [0, 0.05) is 29.9 Å². The van der Waals surface area contributed by atoms with Gasteiger partial charge in [0.25, 0.3) is 5.91 Å². The summed E-state index contributed by atoms with van der Waals surface area (Å²) in [6, 6.07) is 13.5. The highest BCUT2D eigenvalue weighted by Gasteiger charge is 2.36.